The first-order valence-electron chi connectivity index (χ1n) is 10.7. The van der Waals surface area contributed by atoms with Crippen molar-refractivity contribution in [3.05, 3.63) is 35.4 Å². The van der Waals surface area contributed by atoms with E-state index in [4.69, 9.17) is 10.5 Å². The highest BCUT2D eigenvalue weighted by Crippen LogP contribution is 2.46. The fourth-order valence-electron chi connectivity index (χ4n) is 4.75. The molecule has 2 aliphatic heterocycles. The predicted octanol–water partition coefficient (Wildman–Crippen LogP) is 4.03. The van der Waals surface area contributed by atoms with Gasteiger partial charge in [0, 0.05) is 43.2 Å². The van der Waals surface area contributed by atoms with Crippen LogP contribution in [0.15, 0.2) is 24.3 Å². The molecule has 1 atom stereocenters. The van der Waals surface area contributed by atoms with E-state index in [0.717, 1.165) is 39.0 Å². The molecule has 2 heterocycles. The molecular weight excluding hydrogens is 350 g/mol. The van der Waals surface area contributed by atoms with Crippen LogP contribution in [-0.4, -0.2) is 47.7 Å². The first kappa shape index (κ1) is 19.7. The second-order valence-corrected chi connectivity index (χ2v) is 10.3. The predicted molar refractivity (Wildman–Crippen MR) is 111 cm³/mol. The summed E-state index contributed by atoms with van der Waals surface area (Å²) in [5.74, 6) is 0. The fourth-order valence-corrected chi connectivity index (χ4v) is 4.75. The Morgan fingerprint density at radius 1 is 1.14 bits per heavy atom. The Morgan fingerprint density at radius 3 is 2.25 bits per heavy atom. The summed E-state index contributed by atoms with van der Waals surface area (Å²) >= 11 is 0. The summed E-state index contributed by atoms with van der Waals surface area (Å²) in [6.07, 6.45) is 4.37. The van der Waals surface area contributed by atoms with Crippen LogP contribution in [0.2, 0.25) is 0 Å². The molecule has 1 aliphatic carbocycles. The van der Waals surface area contributed by atoms with Crippen LogP contribution in [0.5, 0.6) is 0 Å². The van der Waals surface area contributed by atoms with Gasteiger partial charge in [-0.2, -0.15) is 0 Å². The van der Waals surface area contributed by atoms with E-state index in [1.54, 1.807) is 0 Å². The number of likely N-dealkylation sites (tertiary alicyclic amines) is 2. The van der Waals surface area contributed by atoms with Gasteiger partial charge in [-0.1, -0.05) is 37.6 Å². The third-order valence-electron chi connectivity index (χ3n) is 6.44. The number of hydrogen-bond acceptors (Lipinski definition) is 4. The van der Waals surface area contributed by atoms with Crippen LogP contribution >= 0.6 is 0 Å². The van der Waals surface area contributed by atoms with Crippen LogP contribution in [0.4, 0.5) is 4.79 Å². The van der Waals surface area contributed by atoms with Crippen molar-refractivity contribution in [3.63, 3.8) is 0 Å². The van der Waals surface area contributed by atoms with Crippen LogP contribution in [0, 0.1) is 5.41 Å². The molecule has 3 aliphatic rings. The summed E-state index contributed by atoms with van der Waals surface area (Å²) in [6, 6.07) is 9.48. The van der Waals surface area contributed by atoms with Crippen molar-refractivity contribution in [1.82, 2.24) is 9.80 Å². The highest BCUT2D eigenvalue weighted by Gasteiger charge is 2.55. The van der Waals surface area contributed by atoms with Gasteiger partial charge in [-0.15, -0.1) is 0 Å². The average molecular weight is 386 g/mol. The summed E-state index contributed by atoms with van der Waals surface area (Å²) in [6.45, 7) is 11.8. The van der Waals surface area contributed by atoms with Gasteiger partial charge in [0.15, 0.2) is 0 Å². The lowest BCUT2D eigenvalue weighted by Crippen LogP contribution is -2.73. The number of carbonyl (C=O) groups excluding carboxylic acids is 1. The zero-order valence-electron chi connectivity index (χ0n) is 17.8. The van der Waals surface area contributed by atoms with Crippen LogP contribution < -0.4 is 5.73 Å². The van der Waals surface area contributed by atoms with Gasteiger partial charge in [-0.25, -0.2) is 4.79 Å². The van der Waals surface area contributed by atoms with Crippen LogP contribution in [0.25, 0.3) is 0 Å². The Hall–Kier alpha value is -1.59. The summed E-state index contributed by atoms with van der Waals surface area (Å²) in [5.41, 5.74) is 8.80. The van der Waals surface area contributed by atoms with Crippen molar-refractivity contribution < 1.29 is 9.53 Å². The summed E-state index contributed by atoms with van der Waals surface area (Å²) in [7, 11) is 0. The van der Waals surface area contributed by atoms with E-state index >= 15 is 0 Å². The number of hydrogen-bond donors (Lipinski definition) is 1. The zero-order chi connectivity index (χ0) is 20.2. The number of amides is 1. The molecule has 1 spiro atoms. The molecule has 1 aromatic carbocycles. The van der Waals surface area contributed by atoms with Gasteiger partial charge in [0.1, 0.15) is 5.60 Å². The third kappa shape index (κ3) is 3.79. The van der Waals surface area contributed by atoms with Crippen molar-refractivity contribution in [2.75, 3.05) is 26.2 Å². The summed E-state index contributed by atoms with van der Waals surface area (Å²) in [4.78, 5) is 16.6. The Labute approximate surface area is 169 Å². The molecule has 0 aromatic heterocycles. The van der Waals surface area contributed by atoms with Gasteiger partial charge in [0.05, 0.1) is 0 Å². The van der Waals surface area contributed by atoms with E-state index in [1.165, 1.54) is 24.0 Å². The van der Waals surface area contributed by atoms with Crippen molar-refractivity contribution >= 4 is 6.09 Å². The number of carbonyl (C=O) groups is 1. The van der Waals surface area contributed by atoms with E-state index in [9.17, 15) is 4.79 Å². The van der Waals surface area contributed by atoms with Crippen LogP contribution in [-0.2, 0) is 10.3 Å². The van der Waals surface area contributed by atoms with Crippen molar-refractivity contribution in [2.24, 2.45) is 11.1 Å². The molecule has 4 rings (SSSR count). The largest absolute Gasteiger partial charge is 0.444 e. The maximum Gasteiger partial charge on any atom is 0.410 e. The van der Waals surface area contributed by atoms with Crippen molar-refractivity contribution in [2.45, 2.75) is 70.6 Å². The molecule has 1 amide bonds. The minimum Gasteiger partial charge on any atom is -0.444 e. The quantitative estimate of drug-likeness (QED) is 0.831. The molecular formula is C23H35N3O2. The molecule has 1 saturated carbocycles. The van der Waals surface area contributed by atoms with Gasteiger partial charge >= 0.3 is 6.09 Å². The van der Waals surface area contributed by atoms with Gasteiger partial charge in [-0.05, 0) is 51.2 Å². The highest BCUT2D eigenvalue weighted by atomic mass is 16.6. The second-order valence-electron chi connectivity index (χ2n) is 10.3. The molecule has 28 heavy (non-hydrogen) atoms. The third-order valence-corrected chi connectivity index (χ3v) is 6.44. The minimum absolute atomic E-state index is 0.0589. The molecule has 5 heteroatoms. The SMILES string of the molecule is CCCC(c1ccc(C2(N)CC2)cc1)N1CC2(CN(C(=O)OC(C)(C)C)C2)C1. The van der Waals surface area contributed by atoms with Crippen molar-refractivity contribution in [1.29, 1.82) is 0 Å². The Morgan fingerprint density at radius 2 is 1.75 bits per heavy atom. The maximum absolute atomic E-state index is 12.2. The average Bonchev–Trinajstić information content (AvgIpc) is 3.28. The zero-order valence-corrected chi connectivity index (χ0v) is 17.8. The minimum atomic E-state index is -0.424. The van der Waals surface area contributed by atoms with E-state index < -0.39 is 5.60 Å². The number of benzene rings is 1. The Balaban J connectivity index is 1.34. The van der Waals surface area contributed by atoms with E-state index in [-0.39, 0.29) is 17.0 Å². The first-order valence-corrected chi connectivity index (χ1v) is 10.7. The lowest BCUT2D eigenvalue weighted by Gasteiger charge is -2.61. The molecule has 1 aromatic rings. The topological polar surface area (TPSA) is 58.8 Å². The molecule has 1 unspecified atom stereocenters. The monoisotopic (exact) mass is 385 g/mol. The van der Waals surface area contributed by atoms with Gasteiger partial charge in [0.2, 0.25) is 0 Å². The summed E-state index contributed by atoms with van der Waals surface area (Å²) in [5, 5.41) is 0. The molecule has 0 radical (unpaired) electrons. The van der Waals surface area contributed by atoms with Gasteiger partial charge in [-0.3, -0.25) is 4.90 Å². The summed E-state index contributed by atoms with van der Waals surface area (Å²) < 4.78 is 5.49. The van der Waals surface area contributed by atoms with Gasteiger partial charge < -0.3 is 15.4 Å². The van der Waals surface area contributed by atoms with E-state index in [0.29, 0.717) is 6.04 Å². The smallest absolute Gasteiger partial charge is 0.410 e. The first-order chi connectivity index (χ1) is 13.1. The molecule has 154 valence electrons. The normalized spacial score (nSPS) is 23.7. The Kier molecular flexibility index (Phi) is 4.74. The molecule has 2 saturated heterocycles. The second kappa shape index (κ2) is 6.74. The number of rotatable bonds is 5. The maximum atomic E-state index is 12.2. The highest BCUT2D eigenvalue weighted by molar-refractivity contribution is 5.69. The number of nitrogens with zero attached hydrogens (tertiary/aromatic N) is 2. The van der Waals surface area contributed by atoms with Crippen LogP contribution in [0.3, 0.4) is 0 Å². The van der Waals surface area contributed by atoms with Gasteiger partial charge in [0.25, 0.3) is 0 Å². The van der Waals surface area contributed by atoms with Crippen LogP contribution in [0.1, 0.15) is 70.5 Å². The lowest BCUT2D eigenvalue weighted by atomic mass is 9.71. The number of ether oxygens (including phenoxy) is 1. The standard InChI is InChI=1S/C23H35N3O2/c1-5-6-19(17-7-9-18(10-8-17)23(24)11-12-23)25-13-22(14-25)15-26(16-22)20(27)28-21(2,3)4/h7-10,19H,5-6,11-16,24H2,1-4H3. The van der Waals surface area contributed by atoms with E-state index in [1.807, 2.05) is 25.7 Å². The molecule has 3 fully saturated rings. The molecule has 2 N–H and O–H groups in total. The molecule has 0 bridgehead atoms. The molecule has 5 nitrogen and oxygen atoms in total. The fraction of sp³-hybridized carbons (Fsp3) is 0.696. The lowest BCUT2D eigenvalue weighted by molar-refractivity contribution is -0.128. The van der Waals surface area contributed by atoms with Crippen molar-refractivity contribution in [3.8, 4) is 0 Å². The van der Waals surface area contributed by atoms with E-state index in [2.05, 4.69) is 36.1 Å². The Bertz CT molecular complexity index is 719. The number of nitrogens with two attached hydrogens (primary N) is 1.